The van der Waals surface area contributed by atoms with Gasteiger partial charge in [-0.05, 0) is 17.7 Å². The molecule has 0 radical (unpaired) electrons. The zero-order valence-corrected chi connectivity index (χ0v) is 8.39. The molecule has 0 aliphatic rings. The van der Waals surface area contributed by atoms with E-state index >= 15 is 0 Å². The molecule has 1 aromatic heterocycles. The fourth-order valence-electron chi connectivity index (χ4n) is 0.948. The van der Waals surface area contributed by atoms with Crippen LogP contribution in [0.1, 0.15) is 5.56 Å². The summed E-state index contributed by atoms with van der Waals surface area (Å²) in [6, 6.07) is 13.7. The Labute approximate surface area is 89.0 Å². The van der Waals surface area contributed by atoms with E-state index in [0.717, 1.165) is 5.56 Å². The minimum atomic E-state index is 0. The zero-order valence-electron chi connectivity index (χ0n) is 8.39. The van der Waals surface area contributed by atoms with Crippen molar-refractivity contribution in [3.8, 4) is 0 Å². The molecule has 0 fully saturated rings. The van der Waals surface area contributed by atoms with Crippen molar-refractivity contribution in [3.63, 3.8) is 0 Å². The molecule has 0 unspecified atom stereocenters. The molecule has 2 rings (SSSR count). The molecule has 0 amide bonds. The summed E-state index contributed by atoms with van der Waals surface area (Å²) in [6.07, 6.45) is 3.75. The van der Waals surface area contributed by atoms with E-state index in [1.54, 1.807) is 0 Å². The molecular formula is C11H16N2O2. The van der Waals surface area contributed by atoms with Crippen LogP contribution in [0.25, 0.3) is 0 Å². The monoisotopic (exact) mass is 208 g/mol. The van der Waals surface area contributed by atoms with Gasteiger partial charge >= 0.3 is 0 Å². The summed E-state index contributed by atoms with van der Waals surface area (Å²) >= 11 is 0. The summed E-state index contributed by atoms with van der Waals surface area (Å²) in [5.74, 6) is 4.86. The van der Waals surface area contributed by atoms with E-state index in [2.05, 4.69) is 9.82 Å². The van der Waals surface area contributed by atoms with Crippen molar-refractivity contribution in [2.45, 2.75) is 6.61 Å². The van der Waals surface area contributed by atoms with E-state index in [4.69, 9.17) is 5.90 Å². The van der Waals surface area contributed by atoms with Gasteiger partial charge in [-0.2, -0.15) is 0 Å². The van der Waals surface area contributed by atoms with E-state index in [0.29, 0.717) is 6.61 Å². The van der Waals surface area contributed by atoms with Crippen LogP contribution in [0.4, 0.5) is 0 Å². The Balaban J connectivity index is 0.000000280. The quantitative estimate of drug-likeness (QED) is 0.728. The van der Waals surface area contributed by atoms with Crippen molar-refractivity contribution >= 4 is 0 Å². The summed E-state index contributed by atoms with van der Waals surface area (Å²) < 4.78 is 0. The van der Waals surface area contributed by atoms with Gasteiger partial charge in [0.2, 0.25) is 0 Å². The molecule has 0 aliphatic carbocycles. The second-order valence-corrected chi connectivity index (χ2v) is 2.68. The smallest absolute Gasteiger partial charge is 0.0930 e. The van der Waals surface area contributed by atoms with Gasteiger partial charge in [-0.3, -0.25) is 4.84 Å². The molecular weight excluding hydrogens is 192 g/mol. The first-order valence-corrected chi connectivity index (χ1v) is 4.37. The van der Waals surface area contributed by atoms with Crippen LogP contribution in [0.3, 0.4) is 0 Å². The molecule has 0 spiro atoms. The highest BCUT2D eigenvalue weighted by Crippen LogP contribution is 1.97. The second-order valence-electron chi connectivity index (χ2n) is 2.68. The molecule has 1 heterocycles. The van der Waals surface area contributed by atoms with Crippen LogP contribution in [0.5, 0.6) is 0 Å². The number of rotatable bonds is 2. The van der Waals surface area contributed by atoms with Gasteiger partial charge in [0.25, 0.3) is 0 Å². The van der Waals surface area contributed by atoms with E-state index in [1.165, 1.54) is 0 Å². The number of aromatic amines is 1. The topological polar surface area (TPSA) is 82.5 Å². The average molecular weight is 208 g/mol. The molecule has 82 valence electrons. The predicted molar refractivity (Wildman–Crippen MR) is 59.8 cm³/mol. The normalized spacial score (nSPS) is 8.33. The molecule has 4 nitrogen and oxygen atoms in total. The molecule has 0 atom stereocenters. The summed E-state index contributed by atoms with van der Waals surface area (Å²) in [5.41, 5.74) is 1.10. The summed E-state index contributed by atoms with van der Waals surface area (Å²) in [7, 11) is 0. The molecule has 5 N–H and O–H groups in total. The Morgan fingerprint density at radius 2 is 1.60 bits per heavy atom. The van der Waals surface area contributed by atoms with Crippen LogP contribution in [0.2, 0.25) is 0 Å². The van der Waals surface area contributed by atoms with Crippen LogP contribution in [-0.4, -0.2) is 10.5 Å². The highest BCUT2D eigenvalue weighted by Gasteiger charge is 1.85. The summed E-state index contributed by atoms with van der Waals surface area (Å²) in [5, 5.41) is 0. The Kier molecular flexibility index (Phi) is 7.99. The number of benzene rings is 1. The van der Waals surface area contributed by atoms with Crippen molar-refractivity contribution in [1.29, 1.82) is 0 Å². The van der Waals surface area contributed by atoms with Crippen molar-refractivity contribution in [3.05, 3.63) is 60.4 Å². The third kappa shape index (κ3) is 6.45. The van der Waals surface area contributed by atoms with Gasteiger partial charge in [0.1, 0.15) is 0 Å². The van der Waals surface area contributed by atoms with Gasteiger partial charge in [-0.15, -0.1) is 0 Å². The van der Waals surface area contributed by atoms with Gasteiger partial charge in [-0.25, -0.2) is 5.90 Å². The zero-order chi connectivity index (χ0) is 10.1. The highest BCUT2D eigenvalue weighted by molar-refractivity contribution is 5.13. The SMILES string of the molecule is NOCc1ccccc1.O.c1cc[nH]c1. The fourth-order valence-corrected chi connectivity index (χ4v) is 0.948. The molecule has 2 aromatic rings. The molecule has 15 heavy (non-hydrogen) atoms. The van der Waals surface area contributed by atoms with Crippen LogP contribution in [0, 0.1) is 0 Å². The maximum absolute atomic E-state index is 4.86. The molecule has 1 aromatic carbocycles. The number of hydrogen-bond donors (Lipinski definition) is 2. The van der Waals surface area contributed by atoms with E-state index in [1.807, 2.05) is 54.9 Å². The molecule has 0 aliphatic heterocycles. The molecule has 0 saturated heterocycles. The molecule has 0 bridgehead atoms. The van der Waals surface area contributed by atoms with Gasteiger partial charge in [0.15, 0.2) is 0 Å². The van der Waals surface area contributed by atoms with E-state index < -0.39 is 0 Å². The van der Waals surface area contributed by atoms with Crippen molar-refractivity contribution in [1.82, 2.24) is 4.98 Å². The third-order valence-corrected chi connectivity index (χ3v) is 1.59. The number of nitrogens with two attached hydrogens (primary N) is 1. The highest BCUT2D eigenvalue weighted by atomic mass is 16.6. The van der Waals surface area contributed by atoms with Crippen LogP contribution < -0.4 is 5.90 Å². The van der Waals surface area contributed by atoms with Crippen LogP contribution in [0.15, 0.2) is 54.9 Å². The van der Waals surface area contributed by atoms with E-state index in [9.17, 15) is 0 Å². The fraction of sp³-hybridized carbons (Fsp3) is 0.0909. The summed E-state index contributed by atoms with van der Waals surface area (Å²) in [4.78, 5) is 7.29. The lowest BCUT2D eigenvalue weighted by molar-refractivity contribution is 0.124. The molecule has 0 saturated carbocycles. The van der Waals surface area contributed by atoms with Gasteiger partial charge < -0.3 is 10.5 Å². The lowest BCUT2D eigenvalue weighted by Gasteiger charge is -1.94. The van der Waals surface area contributed by atoms with Gasteiger partial charge in [0.05, 0.1) is 6.61 Å². The Morgan fingerprint density at radius 3 is 2.00 bits per heavy atom. The van der Waals surface area contributed by atoms with Crippen LogP contribution in [-0.2, 0) is 11.4 Å². The largest absolute Gasteiger partial charge is 0.412 e. The average Bonchev–Trinajstić information content (AvgIpc) is 2.78. The minimum absolute atomic E-state index is 0. The lowest BCUT2D eigenvalue weighted by atomic mass is 10.2. The first-order valence-electron chi connectivity index (χ1n) is 4.37. The van der Waals surface area contributed by atoms with Crippen LogP contribution >= 0.6 is 0 Å². The number of H-pyrrole nitrogens is 1. The number of aromatic nitrogens is 1. The first kappa shape index (κ1) is 13.4. The predicted octanol–water partition coefficient (Wildman–Crippen LogP) is 1.27. The Morgan fingerprint density at radius 1 is 1.00 bits per heavy atom. The van der Waals surface area contributed by atoms with Gasteiger partial charge in [0, 0.05) is 12.4 Å². The van der Waals surface area contributed by atoms with E-state index in [-0.39, 0.29) is 5.48 Å². The lowest BCUT2D eigenvalue weighted by Crippen LogP contribution is -1.97. The van der Waals surface area contributed by atoms with Crippen molar-refractivity contribution < 1.29 is 10.3 Å². The maximum atomic E-state index is 4.86. The first-order chi connectivity index (χ1) is 6.93. The Hall–Kier alpha value is -1.62. The number of nitrogens with one attached hydrogen (secondary N) is 1. The maximum Gasteiger partial charge on any atom is 0.0930 e. The summed E-state index contributed by atoms with van der Waals surface area (Å²) in [6.45, 7) is 0.487. The molecule has 4 heteroatoms. The second kappa shape index (κ2) is 8.96. The van der Waals surface area contributed by atoms with Crippen molar-refractivity contribution in [2.24, 2.45) is 5.90 Å². The minimum Gasteiger partial charge on any atom is -0.412 e. The number of hydrogen-bond acceptors (Lipinski definition) is 2. The third-order valence-electron chi connectivity index (χ3n) is 1.59. The Bertz CT molecular complexity index is 291. The standard InChI is InChI=1S/C7H9NO.C4H5N.H2O/c8-9-6-7-4-2-1-3-5-7;1-2-4-5-3-1;/h1-5H,6,8H2;1-5H;1H2. The van der Waals surface area contributed by atoms with Gasteiger partial charge in [-0.1, -0.05) is 30.3 Å². The van der Waals surface area contributed by atoms with Crippen molar-refractivity contribution in [2.75, 3.05) is 0 Å².